The van der Waals surface area contributed by atoms with E-state index in [1.165, 1.54) is 0 Å². The van der Waals surface area contributed by atoms with Crippen LogP contribution < -0.4 is 5.32 Å². The molecule has 4 atom stereocenters. The van der Waals surface area contributed by atoms with Gasteiger partial charge in [-0.25, -0.2) is 15.0 Å². The molecular formula is C20H26N6O2. The van der Waals surface area contributed by atoms with Gasteiger partial charge in [0.05, 0.1) is 29.3 Å². The highest BCUT2D eigenvalue weighted by molar-refractivity contribution is 5.93. The Morgan fingerprint density at radius 1 is 1.36 bits per heavy atom. The van der Waals surface area contributed by atoms with Gasteiger partial charge in [0.2, 0.25) is 0 Å². The second-order valence-electron chi connectivity index (χ2n) is 8.40. The minimum atomic E-state index is -0.112. The van der Waals surface area contributed by atoms with Crippen LogP contribution in [0.25, 0.3) is 0 Å². The Hall–Kier alpha value is -2.32. The molecule has 148 valence electrons. The average molecular weight is 382 g/mol. The summed E-state index contributed by atoms with van der Waals surface area (Å²) in [6, 6.07) is 0. The summed E-state index contributed by atoms with van der Waals surface area (Å²) in [5.41, 5.74) is 2.70. The number of aryl methyl sites for hydroxylation is 2. The number of amides is 1. The van der Waals surface area contributed by atoms with E-state index < -0.39 is 0 Å². The SMILES string of the molecule is Cc1ncc(C(=O)NC[C@H]2[C@H]3CN(Cc4nc[nH]c4C)C[C@]34CC[C@H]2O4)cn1. The maximum Gasteiger partial charge on any atom is 0.254 e. The van der Waals surface area contributed by atoms with Crippen LogP contribution in [0.5, 0.6) is 0 Å². The van der Waals surface area contributed by atoms with Gasteiger partial charge in [-0.2, -0.15) is 0 Å². The maximum absolute atomic E-state index is 12.5. The third-order valence-electron chi connectivity index (χ3n) is 6.70. The molecule has 8 heteroatoms. The molecule has 5 rings (SSSR count). The van der Waals surface area contributed by atoms with Gasteiger partial charge < -0.3 is 15.0 Å². The number of nitrogens with zero attached hydrogens (tertiary/aromatic N) is 4. The fourth-order valence-corrected chi connectivity index (χ4v) is 5.26. The van der Waals surface area contributed by atoms with Crippen molar-refractivity contribution in [2.45, 2.75) is 44.9 Å². The molecule has 1 amide bonds. The van der Waals surface area contributed by atoms with Crippen molar-refractivity contribution in [2.24, 2.45) is 11.8 Å². The Morgan fingerprint density at radius 2 is 2.18 bits per heavy atom. The zero-order chi connectivity index (χ0) is 19.3. The van der Waals surface area contributed by atoms with E-state index in [0.29, 0.717) is 29.8 Å². The molecule has 3 aliphatic rings. The zero-order valence-corrected chi connectivity index (χ0v) is 16.3. The lowest BCUT2D eigenvalue weighted by molar-refractivity contribution is 0.00203. The summed E-state index contributed by atoms with van der Waals surface area (Å²) in [5.74, 6) is 1.37. The number of aromatic nitrogens is 4. The van der Waals surface area contributed by atoms with Crippen LogP contribution in [0.15, 0.2) is 18.7 Å². The zero-order valence-electron chi connectivity index (χ0n) is 16.3. The second kappa shape index (κ2) is 6.63. The topological polar surface area (TPSA) is 96.0 Å². The standard InChI is InChI=1S/C20H26N6O2/c1-12-17(25-11-24-12)9-26-8-16-15(18-3-4-20(16,10-26)28-18)7-23-19(27)14-5-21-13(2)22-6-14/h5-6,11,15-16,18H,3-4,7-10H2,1-2H3,(H,23,27)(H,24,25)/t15-,16+,18+,20+/m0/s1. The highest BCUT2D eigenvalue weighted by Gasteiger charge is 2.62. The predicted octanol–water partition coefficient (Wildman–Crippen LogP) is 1.23. The number of H-pyrrole nitrogens is 1. The van der Waals surface area contributed by atoms with Gasteiger partial charge in [-0.05, 0) is 26.7 Å². The summed E-state index contributed by atoms with van der Waals surface area (Å²) in [4.78, 5) is 30.7. The molecule has 0 aliphatic carbocycles. The first-order valence-electron chi connectivity index (χ1n) is 10.00. The summed E-state index contributed by atoms with van der Waals surface area (Å²) in [6.07, 6.45) is 7.39. The van der Waals surface area contributed by atoms with Gasteiger partial charge in [0.25, 0.3) is 5.91 Å². The Balaban J connectivity index is 1.25. The van der Waals surface area contributed by atoms with Crippen LogP contribution in [0, 0.1) is 25.7 Å². The number of aromatic amines is 1. The highest BCUT2D eigenvalue weighted by Crippen LogP contribution is 2.54. The molecule has 2 N–H and O–H groups in total. The van der Waals surface area contributed by atoms with Crippen molar-refractivity contribution >= 4 is 5.91 Å². The third kappa shape index (κ3) is 2.91. The molecule has 2 aromatic heterocycles. The fourth-order valence-electron chi connectivity index (χ4n) is 5.26. The number of carbonyl (C=O) groups excluding carboxylic acids is 1. The molecule has 0 unspecified atom stereocenters. The van der Waals surface area contributed by atoms with Crippen LogP contribution in [0.4, 0.5) is 0 Å². The van der Waals surface area contributed by atoms with Crippen molar-refractivity contribution in [3.8, 4) is 0 Å². The lowest BCUT2D eigenvalue weighted by Crippen LogP contribution is -2.41. The molecule has 3 fully saturated rings. The van der Waals surface area contributed by atoms with Crippen molar-refractivity contribution in [2.75, 3.05) is 19.6 Å². The van der Waals surface area contributed by atoms with Crippen LogP contribution in [-0.2, 0) is 11.3 Å². The quantitative estimate of drug-likeness (QED) is 0.807. The Bertz CT molecular complexity index is 881. The fraction of sp³-hybridized carbons (Fsp3) is 0.600. The van der Waals surface area contributed by atoms with E-state index in [-0.39, 0.29) is 17.6 Å². The van der Waals surface area contributed by atoms with Gasteiger partial charge in [-0.15, -0.1) is 0 Å². The van der Waals surface area contributed by atoms with Crippen molar-refractivity contribution in [1.82, 2.24) is 30.2 Å². The molecule has 5 heterocycles. The molecule has 0 aromatic carbocycles. The summed E-state index contributed by atoms with van der Waals surface area (Å²) in [7, 11) is 0. The minimum Gasteiger partial charge on any atom is -0.370 e. The normalized spacial score (nSPS) is 31.3. The van der Waals surface area contributed by atoms with Gasteiger partial charge in [0.1, 0.15) is 5.82 Å². The van der Waals surface area contributed by atoms with Crippen molar-refractivity contribution in [3.05, 3.63) is 41.5 Å². The van der Waals surface area contributed by atoms with Crippen molar-refractivity contribution in [3.63, 3.8) is 0 Å². The van der Waals surface area contributed by atoms with Crippen LogP contribution in [-0.4, -0.2) is 62.1 Å². The highest BCUT2D eigenvalue weighted by atomic mass is 16.5. The number of hydrogen-bond donors (Lipinski definition) is 2. The van der Waals surface area contributed by atoms with Crippen LogP contribution in [0.3, 0.4) is 0 Å². The molecule has 0 radical (unpaired) electrons. The number of rotatable bonds is 5. The number of carbonyl (C=O) groups is 1. The molecule has 2 bridgehead atoms. The van der Waals surface area contributed by atoms with Gasteiger partial charge >= 0.3 is 0 Å². The summed E-state index contributed by atoms with van der Waals surface area (Å²) < 4.78 is 6.48. The largest absolute Gasteiger partial charge is 0.370 e. The molecular weight excluding hydrogens is 356 g/mol. The van der Waals surface area contributed by atoms with Gasteiger partial charge in [0, 0.05) is 56.1 Å². The lowest BCUT2D eigenvalue weighted by Gasteiger charge is -2.29. The van der Waals surface area contributed by atoms with E-state index in [2.05, 4.69) is 37.1 Å². The first-order valence-corrected chi connectivity index (χ1v) is 10.00. The Morgan fingerprint density at radius 3 is 2.93 bits per heavy atom. The number of fused-ring (bicyclic) bond motifs is 1. The molecule has 2 aromatic rings. The molecule has 1 spiro atoms. The van der Waals surface area contributed by atoms with Gasteiger partial charge in [0.15, 0.2) is 0 Å². The third-order valence-corrected chi connectivity index (χ3v) is 6.70. The van der Waals surface area contributed by atoms with E-state index in [0.717, 1.165) is 43.9 Å². The summed E-state index contributed by atoms with van der Waals surface area (Å²) >= 11 is 0. The monoisotopic (exact) mass is 382 g/mol. The summed E-state index contributed by atoms with van der Waals surface area (Å²) in [5, 5.41) is 3.09. The van der Waals surface area contributed by atoms with Crippen LogP contribution in [0.1, 0.15) is 40.4 Å². The second-order valence-corrected chi connectivity index (χ2v) is 8.40. The van der Waals surface area contributed by atoms with Crippen LogP contribution >= 0.6 is 0 Å². The van der Waals surface area contributed by atoms with E-state index in [1.807, 2.05) is 6.92 Å². The van der Waals surface area contributed by atoms with E-state index in [1.54, 1.807) is 18.7 Å². The minimum absolute atomic E-state index is 0.0444. The van der Waals surface area contributed by atoms with Gasteiger partial charge in [-0.1, -0.05) is 0 Å². The number of ether oxygens (including phenoxy) is 1. The van der Waals surface area contributed by atoms with E-state index >= 15 is 0 Å². The van der Waals surface area contributed by atoms with E-state index in [4.69, 9.17) is 4.74 Å². The van der Waals surface area contributed by atoms with E-state index in [9.17, 15) is 4.79 Å². The molecule has 0 saturated carbocycles. The number of likely N-dealkylation sites (tertiary alicyclic amines) is 1. The van der Waals surface area contributed by atoms with Gasteiger partial charge in [-0.3, -0.25) is 9.69 Å². The molecule has 3 aliphatic heterocycles. The predicted molar refractivity (Wildman–Crippen MR) is 102 cm³/mol. The first kappa shape index (κ1) is 17.8. The smallest absolute Gasteiger partial charge is 0.254 e. The molecule has 8 nitrogen and oxygen atoms in total. The van der Waals surface area contributed by atoms with Crippen molar-refractivity contribution < 1.29 is 9.53 Å². The van der Waals surface area contributed by atoms with Crippen molar-refractivity contribution in [1.29, 1.82) is 0 Å². The van der Waals surface area contributed by atoms with Crippen LogP contribution in [0.2, 0.25) is 0 Å². The number of imidazole rings is 1. The Kier molecular flexibility index (Phi) is 4.21. The maximum atomic E-state index is 12.5. The average Bonchev–Trinajstić information content (AvgIpc) is 3.42. The first-order chi connectivity index (χ1) is 13.5. The lowest BCUT2D eigenvalue weighted by atomic mass is 9.73. The summed E-state index contributed by atoms with van der Waals surface area (Å²) in [6.45, 7) is 7.31. The number of hydrogen-bond acceptors (Lipinski definition) is 6. The molecule has 3 saturated heterocycles. The number of nitrogens with one attached hydrogen (secondary N) is 2. The molecule has 28 heavy (non-hydrogen) atoms. The Labute approximate surface area is 164 Å².